The molecule has 6 nitrogen and oxygen atoms in total. The second kappa shape index (κ2) is 11.3. The molecule has 0 radical (unpaired) electrons. The lowest BCUT2D eigenvalue weighted by molar-refractivity contribution is -0.112. The van der Waals surface area contributed by atoms with Gasteiger partial charge < -0.3 is 10.2 Å². The highest BCUT2D eigenvalue weighted by atomic mass is 19.1. The van der Waals surface area contributed by atoms with E-state index in [1.165, 1.54) is 58.5 Å². The van der Waals surface area contributed by atoms with Crippen molar-refractivity contribution in [2.75, 3.05) is 5.32 Å². The minimum Gasteiger partial charge on any atom is -0.338 e. The number of allylic oxidation sites excluding steroid dienone is 3. The van der Waals surface area contributed by atoms with Crippen molar-refractivity contribution >= 4 is 11.6 Å². The number of nitrogens with one attached hydrogen (secondary N) is 1. The smallest absolute Gasteiger partial charge is 0.257 e. The van der Waals surface area contributed by atoms with Gasteiger partial charge in [0, 0.05) is 43.1 Å². The molecule has 1 N–H and O–H groups in total. The van der Waals surface area contributed by atoms with Crippen LogP contribution < -0.4 is 5.32 Å². The number of carbonyl (C=O) groups is 1. The van der Waals surface area contributed by atoms with E-state index in [0.717, 1.165) is 0 Å². The first kappa shape index (κ1) is 26.6. The summed E-state index contributed by atoms with van der Waals surface area (Å²) in [6, 6.07) is 8.43. The van der Waals surface area contributed by atoms with Gasteiger partial charge in [0.05, 0.1) is 41.1 Å². The molecular formula is C28H25F4N5O. The number of pyridine rings is 1. The Morgan fingerprint density at radius 3 is 2.47 bits per heavy atom. The zero-order chi connectivity index (χ0) is 27.4. The van der Waals surface area contributed by atoms with Gasteiger partial charge in [0.15, 0.2) is 0 Å². The average molecular weight is 524 g/mol. The van der Waals surface area contributed by atoms with Crippen LogP contribution in [0, 0.1) is 11.6 Å². The first-order chi connectivity index (χ1) is 18.3. The molecule has 0 fully saturated rings. The molecule has 2 aromatic heterocycles. The van der Waals surface area contributed by atoms with Crippen molar-refractivity contribution in [3.63, 3.8) is 0 Å². The molecule has 0 bridgehead atoms. The number of para-hydroxylation sites is 1. The highest BCUT2D eigenvalue weighted by Gasteiger charge is 2.35. The molecule has 1 aliphatic heterocycles. The van der Waals surface area contributed by atoms with Crippen LogP contribution in [0.5, 0.6) is 0 Å². The van der Waals surface area contributed by atoms with E-state index in [4.69, 9.17) is 0 Å². The predicted molar refractivity (Wildman–Crippen MR) is 136 cm³/mol. The zero-order valence-electron chi connectivity index (χ0n) is 20.8. The summed E-state index contributed by atoms with van der Waals surface area (Å²) in [6.45, 7) is 7.50. The Labute approximate surface area is 217 Å². The maximum atomic E-state index is 15.0. The molecule has 38 heavy (non-hydrogen) atoms. The van der Waals surface area contributed by atoms with Gasteiger partial charge in [-0.25, -0.2) is 22.2 Å². The largest absolute Gasteiger partial charge is 0.338 e. The van der Waals surface area contributed by atoms with Crippen molar-refractivity contribution < 1.29 is 22.4 Å². The predicted octanol–water partition coefficient (Wildman–Crippen LogP) is 6.66. The maximum absolute atomic E-state index is 15.0. The monoisotopic (exact) mass is 523 g/mol. The number of rotatable bonds is 5. The van der Waals surface area contributed by atoms with Crippen LogP contribution in [0.4, 0.5) is 23.2 Å². The number of fused-ring (bicyclic) bond motifs is 1. The number of hydrogen-bond acceptors (Lipinski definition) is 4. The lowest BCUT2D eigenvalue weighted by Gasteiger charge is -2.35. The van der Waals surface area contributed by atoms with E-state index in [1.807, 2.05) is 13.8 Å². The second-order valence-electron chi connectivity index (χ2n) is 8.19. The summed E-state index contributed by atoms with van der Waals surface area (Å²) < 4.78 is 60.4. The fraction of sp³-hybridized carbons (Fsp3) is 0.179. The number of nitrogens with zero attached hydrogens (tertiary/aromatic N) is 4. The summed E-state index contributed by atoms with van der Waals surface area (Å²) >= 11 is 0. The van der Waals surface area contributed by atoms with Crippen LogP contribution in [0.25, 0.3) is 5.69 Å². The molecule has 0 atom stereocenters. The van der Waals surface area contributed by atoms with E-state index in [-0.39, 0.29) is 53.2 Å². The van der Waals surface area contributed by atoms with Gasteiger partial charge in [-0.2, -0.15) is 5.10 Å². The van der Waals surface area contributed by atoms with Crippen molar-refractivity contribution in [3.8, 4) is 5.69 Å². The minimum atomic E-state index is -0.775. The highest BCUT2D eigenvalue weighted by Crippen LogP contribution is 2.43. The van der Waals surface area contributed by atoms with Crippen LogP contribution in [0.1, 0.15) is 32.4 Å². The molecule has 1 aromatic carbocycles. The zero-order valence-corrected chi connectivity index (χ0v) is 20.8. The highest BCUT2D eigenvalue weighted by molar-refractivity contribution is 6.08. The molecule has 3 heterocycles. The normalized spacial score (nSPS) is 15.1. The number of amides is 1. The molecular weight excluding hydrogens is 498 g/mol. The average Bonchev–Trinajstić information content (AvgIpc) is 3.46. The number of benzene rings is 1. The summed E-state index contributed by atoms with van der Waals surface area (Å²) in [5.41, 5.74) is -0.245. The number of aromatic nitrogens is 3. The van der Waals surface area contributed by atoms with E-state index >= 15 is 0 Å². The lowest BCUT2D eigenvalue weighted by Crippen LogP contribution is -2.31. The van der Waals surface area contributed by atoms with Gasteiger partial charge in [-0.05, 0) is 23.8 Å². The molecule has 10 heteroatoms. The van der Waals surface area contributed by atoms with E-state index in [0.29, 0.717) is 5.69 Å². The molecule has 196 valence electrons. The van der Waals surface area contributed by atoms with Gasteiger partial charge in [0.25, 0.3) is 5.91 Å². The molecule has 0 spiro atoms. The van der Waals surface area contributed by atoms with Crippen LogP contribution in [0.15, 0.2) is 102 Å². The number of anilines is 1. The van der Waals surface area contributed by atoms with E-state index < -0.39 is 29.2 Å². The van der Waals surface area contributed by atoms with Crippen molar-refractivity contribution in [2.45, 2.75) is 33.2 Å². The molecule has 0 unspecified atom stereocenters. The van der Waals surface area contributed by atoms with Gasteiger partial charge in [-0.15, -0.1) is 0 Å². The summed E-state index contributed by atoms with van der Waals surface area (Å²) in [6.07, 6.45) is 5.41. The maximum Gasteiger partial charge on any atom is 0.257 e. The van der Waals surface area contributed by atoms with Crippen LogP contribution >= 0.6 is 0 Å². The standard InChI is InChI=1S/C26H19F4N5O.C2H6/c1-15-17(26(36)33-22-6-3-2-5-18(22)27)13-34(25-20(29)8-7-19(28)24(15)25)14-23-21(30)11-16(12-31-23)35-10-4-9-32-35;1-2/h2-6,9-13H,1,7-8,14H2,(H,33,36);1-2H3. The summed E-state index contributed by atoms with van der Waals surface area (Å²) in [5, 5.41) is 6.45. The van der Waals surface area contributed by atoms with Crippen molar-refractivity contribution in [1.29, 1.82) is 0 Å². The fourth-order valence-electron chi connectivity index (χ4n) is 4.12. The Kier molecular flexibility index (Phi) is 7.90. The van der Waals surface area contributed by atoms with E-state index in [9.17, 15) is 22.4 Å². The van der Waals surface area contributed by atoms with Crippen LogP contribution in [-0.2, 0) is 11.3 Å². The third-order valence-electron chi connectivity index (χ3n) is 5.89. The van der Waals surface area contributed by atoms with E-state index in [2.05, 4.69) is 22.0 Å². The lowest BCUT2D eigenvalue weighted by atomic mass is 9.87. The van der Waals surface area contributed by atoms with Crippen molar-refractivity contribution in [1.82, 2.24) is 19.7 Å². The Morgan fingerprint density at radius 2 is 1.79 bits per heavy atom. The Bertz CT molecular complexity index is 1470. The first-order valence-corrected chi connectivity index (χ1v) is 12.0. The van der Waals surface area contributed by atoms with Crippen molar-refractivity contribution in [2.24, 2.45) is 0 Å². The summed E-state index contributed by atoms with van der Waals surface area (Å²) in [7, 11) is 0. The van der Waals surface area contributed by atoms with Crippen LogP contribution in [0.3, 0.4) is 0 Å². The minimum absolute atomic E-state index is 0.0510. The Balaban J connectivity index is 0.00000164. The van der Waals surface area contributed by atoms with E-state index in [1.54, 1.807) is 12.3 Å². The number of halogens is 4. The molecule has 3 aromatic rings. The molecule has 1 amide bonds. The van der Waals surface area contributed by atoms with Gasteiger partial charge >= 0.3 is 0 Å². The molecule has 2 aliphatic rings. The Morgan fingerprint density at radius 1 is 1.05 bits per heavy atom. The first-order valence-electron chi connectivity index (χ1n) is 12.0. The number of hydrogen-bond donors (Lipinski definition) is 1. The van der Waals surface area contributed by atoms with Crippen LogP contribution in [0.2, 0.25) is 0 Å². The summed E-state index contributed by atoms with van der Waals surface area (Å²) in [4.78, 5) is 18.4. The van der Waals surface area contributed by atoms with Gasteiger partial charge in [0.2, 0.25) is 0 Å². The second-order valence-corrected chi connectivity index (χ2v) is 8.19. The SMILES string of the molecule is C=C1C(C(=O)Nc2ccccc2F)=CN(Cc2ncc(-n3cccn3)cc2F)C2=C(F)CCC(F)=C12.CC. The molecule has 5 rings (SSSR count). The van der Waals surface area contributed by atoms with Gasteiger partial charge in [-0.3, -0.25) is 9.78 Å². The Hall–Kier alpha value is -4.47. The van der Waals surface area contributed by atoms with Gasteiger partial charge in [-0.1, -0.05) is 32.6 Å². The molecule has 0 saturated heterocycles. The number of carbonyl (C=O) groups excluding carboxylic acids is 1. The summed E-state index contributed by atoms with van der Waals surface area (Å²) in [5.74, 6) is -3.40. The third-order valence-corrected chi connectivity index (χ3v) is 5.89. The molecule has 1 aliphatic carbocycles. The topological polar surface area (TPSA) is 63.1 Å². The molecule has 0 saturated carbocycles. The third kappa shape index (κ3) is 5.15. The fourth-order valence-corrected chi connectivity index (χ4v) is 4.12. The quantitative estimate of drug-likeness (QED) is 0.380. The van der Waals surface area contributed by atoms with Gasteiger partial charge in [0.1, 0.15) is 23.3 Å². The van der Waals surface area contributed by atoms with Crippen molar-refractivity contribution in [3.05, 3.63) is 119 Å². The van der Waals surface area contributed by atoms with Crippen LogP contribution in [-0.4, -0.2) is 25.6 Å².